The second kappa shape index (κ2) is 14.3. The van der Waals surface area contributed by atoms with Gasteiger partial charge in [-0.3, -0.25) is 9.80 Å². The standard InChI is InChI=1S/C24H41N5O.HI/c1-4-25-24(26-17-21(3)29-11-9-20(2)10-12-29)27-18-22-7-5-6-8-23(22)19-28-13-15-30-16-14-28;/h5-8,20-21H,4,9-19H2,1-3H3,(H2,25,26,27);1H. The van der Waals surface area contributed by atoms with E-state index in [1.54, 1.807) is 0 Å². The van der Waals surface area contributed by atoms with E-state index in [0.717, 1.165) is 57.8 Å². The van der Waals surface area contributed by atoms with Crippen LogP contribution in [0.3, 0.4) is 0 Å². The molecule has 0 aliphatic carbocycles. The molecule has 0 radical (unpaired) electrons. The zero-order valence-electron chi connectivity index (χ0n) is 19.6. The maximum absolute atomic E-state index is 5.49. The Balaban J connectivity index is 0.00000341. The minimum absolute atomic E-state index is 0. The first-order chi connectivity index (χ1) is 14.7. The van der Waals surface area contributed by atoms with Gasteiger partial charge in [-0.05, 0) is 56.8 Å². The lowest BCUT2D eigenvalue weighted by molar-refractivity contribution is 0.0341. The van der Waals surface area contributed by atoms with Gasteiger partial charge in [0.1, 0.15) is 0 Å². The summed E-state index contributed by atoms with van der Waals surface area (Å²) in [4.78, 5) is 9.97. The van der Waals surface area contributed by atoms with Gasteiger partial charge in [0.15, 0.2) is 5.96 Å². The topological polar surface area (TPSA) is 52.1 Å². The Kier molecular flexibility index (Phi) is 12.1. The molecule has 1 atom stereocenters. The third-order valence-corrected chi connectivity index (χ3v) is 6.37. The van der Waals surface area contributed by atoms with Crippen LogP contribution in [0.25, 0.3) is 0 Å². The highest BCUT2D eigenvalue weighted by molar-refractivity contribution is 14.0. The molecule has 2 saturated heterocycles. The first kappa shape index (κ1) is 26.4. The van der Waals surface area contributed by atoms with Gasteiger partial charge in [0.25, 0.3) is 0 Å². The van der Waals surface area contributed by atoms with Gasteiger partial charge in [0, 0.05) is 38.8 Å². The van der Waals surface area contributed by atoms with Crippen LogP contribution >= 0.6 is 24.0 Å². The minimum Gasteiger partial charge on any atom is -0.379 e. The molecule has 2 fully saturated rings. The van der Waals surface area contributed by atoms with Crippen LogP contribution < -0.4 is 10.6 Å². The summed E-state index contributed by atoms with van der Waals surface area (Å²) >= 11 is 0. The van der Waals surface area contributed by atoms with Crippen LogP contribution in [0.2, 0.25) is 0 Å². The van der Waals surface area contributed by atoms with Crippen molar-refractivity contribution >= 4 is 29.9 Å². The van der Waals surface area contributed by atoms with Crippen LogP contribution in [0, 0.1) is 5.92 Å². The highest BCUT2D eigenvalue weighted by Gasteiger charge is 2.20. The summed E-state index contributed by atoms with van der Waals surface area (Å²) in [5.74, 6) is 1.79. The molecule has 2 N–H and O–H groups in total. The minimum atomic E-state index is 0. The fourth-order valence-electron chi connectivity index (χ4n) is 4.21. The van der Waals surface area contributed by atoms with Crippen molar-refractivity contribution in [2.24, 2.45) is 10.9 Å². The number of rotatable bonds is 8. The Bertz CT molecular complexity index is 657. The molecular weight excluding hydrogens is 501 g/mol. The number of piperidine rings is 1. The number of nitrogens with zero attached hydrogens (tertiary/aromatic N) is 3. The molecule has 6 nitrogen and oxygen atoms in total. The number of hydrogen-bond donors (Lipinski definition) is 2. The lowest BCUT2D eigenvalue weighted by Crippen LogP contribution is -2.48. The number of halogens is 1. The Morgan fingerprint density at radius 2 is 1.77 bits per heavy atom. The average molecular weight is 544 g/mol. The van der Waals surface area contributed by atoms with E-state index >= 15 is 0 Å². The van der Waals surface area contributed by atoms with Gasteiger partial charge in [-0.2, -0.15) is 0 Å². The van der Waals surface area contributed by atoms with Crippen molar-refractivity contribution in [3.63, 3.8) is 0 Å². The van der Waals surface area contributed by atoms with Crippen molar-refractivity contribution in [3.05, 3.63) is 35.4 Å². The van der Waals surface area contributed by atoms with Crippen molar-refractivity contribution in [2.75, 3.05) is 52.5 Å². The van der Waals surface area contributed by atoms with Gasteiger partial charge in [-0.1, -0.05) is 31.2 Å². The van der Waals surface area contributed by atoms with Crippen LogP contribution in [0.5, 0.6) is 0 Å². The molecule has 2 aliphatic heterocycles. The van der Waals surface area contributed by atoms with Crippen LogP contribution in [-0.2, 0) is 17.8 Å². The van der Waals surface area contributed by atoms with Gasteiger partial charge in [-0.25, -0.2) is 4.99 Å². The molecule has 3 rings (SSSR count). The summed E-state index contributed by atoms with van der Waals surface area (Å²) in [6.45, 7) is 16.4. The molecule has 0 saturated carbocycles. The Morgan fingerprint density at radius 1 is 1.10 bits per heavy atom. The molecular formula is C24H42IN5O. The fourth-order valence-corrected chi connectivity index (χ4v) is 4.21. The van der Waals surface area contributed by atoms with Gasteiger partial charge in [0.2, 0.25) is 0 Å². The molecule has 0 bridgehead atoms. The van der Waals surface area contributed by atoms with E-state index in [2.05, 4.69) is 65.5 Å². The summed E-state index contributed by atoms with van der Waals surface area (Å²) in [7, 11) is 0. The second-order valence-electron chi connectivity index (χ2n) is 8.80. The zero-order chi connectivity index (χ0) is 21.2. The fraction of sp³-hybridized carbons (Fsp3) is 0.708. The number of likely N-dealkylation sites (tertiary alicyclic amines) is 1. The molecule has 0 spiro atoms. The molecule has 7 heteroatoms. The van der Waals surface area contributed by atoms with E-state index in [1.165, 1.54) is 37.1 Å². The lowest BCUT2D eigenvalue weighted by Gasteiger charge is -2.35. The average Bonchev–Trinajstić information content (AvgIpc) is 2.77. The zero-order valence-corrected chi connectivity index (χ0v) is 21.9. The summed E-state index contributed by atoms with van der Waals surface area (Å²) in [6.07, 6.45) is 2.64. The molecule has 0 aromatic heterocycles. The molecule has 31 heavy (non-hydrogen) atoms. The van der Waals surface area contributed by atoms with Gasteiger partial charge < -0.3 is 15.4 Å². The van der Waals surface area contributed by atoms with Gasteiger partial charge in [-0.15, -0.1) is 24.0 Å². The highest BCUT2D eigenvalue weighted by Crippen LogP contribution is 2.18. The van der Waals surface area contributed by atoms with Crippen molar-refractivity contribution in [1.82, 2.24) is 20.4 Å². The van der Waals surface area contributed by atoms with E-state index in [1.807, 2.05) is 0 Å². The van der Waals surface area contributed by atoms with Crippen molar-refractivity contribution in [3.8, 4) is 0 Å². The van der Waals surface area contributed by atoms with Crippen LogP contribution in [0.1, 0.15) is 44.7 Å². The van der Waals surface area contributed by atoms with E-state index in [9.17, 15) is 0 Å². The molecule has 0 amide bonds. The van der Waals surface area contributed by atoms with Gasteiger partial charge in [0.05, 0.1) is 19.8 Å². The molecule has 176 valence electrons. The number of morpholine rings is 1. The summed E-state index contributed by atoms with van der Waals surface area (Å²) in [5, 5.41) is 6.98. The molecule has 2 aliphatic rings. The van der Waals surface area contributed by atoms with E-state index in [4.69, 9.17) is 9.73 Å². The summed E-state index contributed by atoms with van der Waals surface area (Å²) in [6, 6.07) is 9.22. The van der Waals surface area contributed by atoms with Crippen molar-refractivity contribution in [1.29, 1.82) is 0 Å². The molecule has 1 aromatic rings. The number of nitrogens with one attached hydrogen (secondary N) is 2. The SMILES string of the molecule is CCNC(=NCc1ccccc1CN1CCOCC1)NCC(C)N1CCC(C)CC1.I. The molecule has 1 aromatic carbocycles. The number of ether oxygens (including phenoxy) is 1. The Labute approximate surface area is 206 Å². The maximum atomic E-state index is 5.49. The second-order valence-corrected chi connectivity index (χ2v) is 8.80. The number of guanidine groups is 1. The van der Waals surface area contributed by atoms with E-state index in [0.29, 0.717) is 12.6 Å². The monoisotopic (exact) mass is 543 g/mol. The summed E-state index contributed by atoms with van der Waals surface area (Å²) < 4.78 is 5.49. The molecule has 1 unspecified atom stereocenters. The largest absolute Gasteiger partial charge is 0.379 e. The predicted octanol–water partition coefficient (Wildman–Crippen LogP) is 3.31. The van der Waals surface area contributed by atoms with Crippen molar-refractivity contribution in [2.45, 2.75) is 52.7 Å². The first-order valence-electron chi connectivity index (χ1n) is 11.8. The van der Waals surface area contributed by atoms with Gasteiger partial charge >= 0.3 is 0 Å². The Hall–Kier alpha value is -0.900. The molecule has 2 heterocycles. The van der Waals surface area contributed by atoms with Crippen LogP contribution in [-0.4, -0.2) is 74.3 Å². The summed E-state index contributed by atoms with van der Waals surface area (Å²) in [5.41, 5.74) is 2.68. The smallest absolute Gasteiger partial charge is 0.191 e. The van der Waals surface area contributed by atoms with Crippen LogP contribution in [0.4, 0.5) is 0 Å². The lowest BCUT2D eigenvalue weighted by atomic mass is 9.98. The number of aliphatic imine (C=N–C) groups is 1. The number of hydrogen-bond acceptors (Lipinski definition) is 4. The predicted molar refractivity (Wildman–Crippen MR) is 140 cm³/mol. The third kappa shape index (κ3) is 8.86. The van der Waals surface area contributed by atoms with E-state index in [-0.39, 0.29) is 24.0 Å². The highest BCUT2D eigenvalue weighted by atomic mass is 127. The Morgan fingerprint density at radius 3 is 2.45 bits per heavy atom. The number of benzene rings is 1. The van der Waals surface area contributed by atoms with E-state index < -0.39 is 0 Å². The third-order valence-electron chi connectivity index (χ3n) is 6.37. The van der Waals surface area contributed by atoms with Crippen LogP contribution in [0.15, 0.2) is 29.3 Å². The quantitative estimate of drug-likeness (QED) is 0.300. The first-order valence-corrected chi connectivity index (χ1v) is 11.8. The van der Waals surface area contributed by atoms with Crippen molar-refractivity contribution < 1.29 is 4.74 Å². The maximum Gasteiger partial charge on any atom is 0.191 e. The normalized spacial score (nSPS) is 20.2.